The van der Waals surface area contributed by atoms with Crippen molar-refractivity contribution in [3.05, 3.63) is 65.2 Å². The second-order valence-corrected chi connectivity index (χ2v) is 5.43. The van der Waals surface area contributed by atoms with Crippen molar-refractivity contribution in [2.45, 2.75) is 33.2 Å². The minimum Gasteiger partial charge on any atom is -0.330 e. The lowest BCUT2D eigenvalue weighted by atomic mass is 10.1. The molecule has 0 aliphatic heterocycles. The summed E-state index contributed by atoms with van der Waals surface area (Å²) in [6.07, 6.45) is 1.26. The molecule has 0 aromatic heterocycles. The van der Waals surface area contributed by atoms with Crippen molar-refractivity contribution < 1.29 is 4.79 Å². The molecule has 0 bridgehead atoms. The van der Waals surface area contributed by atoms with Crippen LogP contribution in [0.2, 0.25) is 0 Å². The third-order valence-electron chi connectivity index (χ3n) is 3.91. The molecule has 0 saturated carbocycles. The molecule has 2 aromatic carbocycles. The van der Waals surface area contributed by atoms with E-state index in [2.05, 4.69) is 32.0 Å². The highest BCUT2D eigenvalue weighted by molar-refractivity contribution is 5.94. The summed E-state index contributed by atoms with van der Waals surface area (Å²) in [6, 6.07) is 16.3. The number of carbonyl (C=O) groups excluding carboxylic acids is 1. The van der Waals surface area contributed by atoms with Gasteiger partial charge in [0.2, 0.25) is 5.91 Å². The van der Waals surface area contributed by atoms with Gasteiger partial charge in [0.1, 0.15) is 0 Å². The minimum absolute atomic E-state index is 0.0756. The maximum Gasteiger partial charge on any atom is 0.228 e. The fraction of sp³-hybridized carbons (Fsp3) is 0.316. The Morgan fingerprint density at radius 3 is 2.32 bits per heavy atom. The van der Waals surface area contributed by atoms with Crippen LogP contribution in [0.5, 0.6) is 0 Å². The number of rotatable bonds is 6. The summed E-state index contributed by atoms with van der Waals surface area (Å²) in [6.45, 7) is 5.14. The van der Waals surface area contributed by atoms with Gasteiger partial charge in [0, 0.05) is 18.7 Å². The van der Waals surface area contributed by atoms with E-state index in [4.69, 9.17) is 5.73 Å². The number of anilines is 1. The third kappa shape index (κ3) is 3.74. The van der Waals surface area contributed by atoms with E-state index >= 15 is 0 Å². The first kappa shape index (κ1) is 16.2. The van der Waals surface area contributed by atoms with Gasteiger partial charge >= 0.3 is 0 Å². The molecule has 0 aliphatic carbocycles. The highest BCUT2D eigenvalue weighted by Gasteiger charge is 2.18. The van der Waals surface area contributed by atoms with Gasteiger partial charge in [0.15, 0.2) is 0 Å². The minimum atomic E-state index is 0.0756. The number of hydrogen-bond donors (Lipinski definition) is 1. The second-order valence-electron chi connectivity index (χ2n) is 5.43. The zero-order valence-electron chi connectivity index (χ0n) is 13.4. The lowest BCUT2D eigenvalue weighted by Gasteiger charge is -2.26. The summed E-state index contributed by atoms with van der Waals surface area (Å²) < 4.78 is 0. The molecule has 2 rings (SSSR count). The van der Waals surface area contributed by atoms with Crippen LogP contribution in [0.25, 0.3) is 0 Å². The molecule has 22 heavy (non-hydrogen) atoms. The molecule has 0 unspecified atom stereocenters. The van der Waals surface area contributed by atoms with Gasteiger partial charge in [-0.05, 0) is 36.1 Å². The van der Waals surface area contributed by atoms with Gasteiger partial charge in [-0.3, -0.25) is 4.79 Å². The highest BCUT2D eigenvalue weighted by atomic mass is 16.2. The summed E-state index contributed by atoms with van der Waals surface area (Å²) in [5.41, 5.74) is 10.1. The number of carbonyl (C=O) groups is 1. The molecule has 0 fully saturated rings. The first-order chi connectivity index (χ1) is 10.7. The fourth-order valence-electron chi connectivity index (χ4n) is 2.60. The average Bonchev–Trinajstić information content (AvgIpc) is 2.54. The van der Waals surface area contributed by atoms with Crippen LogP contribution in [0.4, 0.5) is 5.69 Å². The molecule has 0 spiro atoms. The van der Waals surface area contributed by atoms with Crippen molar-refractivity contribution in [2.24, 2.45) is 5.73 Å². The topological polar surface area (TPSA) is 46.3 Å². The molecule has 3 nitrogen and oxygen atoms in total. The van der Waals surface area contributed by atoms with E-state index in [0.717, 1.165) is 12.1 Å². The van der Waals surface area contributed by atoms with Crippen LogP contribution in [0, 0.1) is 6.92 Å². The van der Waals surface area contributed by atoms with Crippen LogP contribution in [-0.4, -0.2) is 12.5 Å². The standard InChI is InChI=1S/C19H24N2O/c1-3-16-9-6-7-11-18(16)21(19(22)12-13-20)14-17-10-5-4-8-15(17)2/h4-11H,3,12-14,20H2,1-2H3. The number of nitrogens with zero attached hydrogens (tertiary/aromatic N) is 1. The van der Waals surface area contributed by atoms with Gasteiger partial charge in [-0.1, -0.05) is 49.4 Å². The molecule has 0 atom stereocenters. The predicted octanol–water partition coefficient (Wildman–Crippen LogP) is 3.44. The third-order valence-corrected chi connectivity index (χ3v) is 3.91. The number of benzene rings is 2. The maximum absolute atomic E-state index is 12.6. The highest BCUT2D eigenvalue weighted by Crippen LogP contribution is 2.24. The van der Waals surface area contributed by atoms with Crippen molar-refractivity contribution in [3.8, 4) is 0 Å². The molecule has 2 aromatic rings. The number of para-hydroxylation sites is 1. The molecule has 116 valence electrons. The Labute approximate surface area is 132 Å². The van der Waals surface area contributed by atoms with Gasteiger partial charge in [-0.25, -0.2) is 0 Å². The Bertz CT molecular complexity index is 637. The summed E-state index contributed by atoms with van der Waals surface area (Å²) in [5, 5.41) is 0. The normalized spacial score (nSPS) is 10.5. The van der Waals surface area contributed by atoms with E-state index in [-0.39, 0.29) is 5.91 Å². The first-order valence-electron chi connectivity index (χ1n) is 7.80. The van der Waals surface area contributed by atoms with Crippen molar-refractivity contribution in [1.29, 1.82) is 0 Å². The van der Waals surface area contributed by atoms with E-state index in [1.165, 1.54) is 16.7 Å². The largest absolute Gasteiger partial charge is 0.330 e. The molecule has 3 heteroatoms. The Morgan fingerprint density at radius 1 is 1.05 bits per heavy atom. The zero-order chi connectivity index (χ0) is 15.9. The Hall–Kier alpha value is -2.13. The van der Waals surface area contributed by atoms with E-state index in [9.17, 15) is 4.79 Å². The number of nitrogens with two attached hydrogens (primary N) is 1. The van der Waals surface area contributed by atoms with Crippen LogP contribution >= 0.6 is 0 Å². The van der Waals surface area contributed by atoms with Gasteiger partial charge in [-0.15, -0.1) is 0 Å². The van der Waals surface area contributed by atoms with E-state index < -0.39 is 0 Å². The van der Waals surface area contributed by atoms with E-state index in [1.54, 1.807) is 0 Å². The summed E-state index contributed by atoms with van der Waals surface area (Å²) in [5.74, 6) is 0.0756. The van der Waals surface area contributed by atoms with Crippen LogP contribution < -0.4 is 10.6 Å². The molecule has 0 saturated heterocycles. The van der Waals surface area contributed by atoms with Crippen LogP contribution in [0.1, 0.15) is 30.0 Å². The Morgan fingerprint density at radius 2 is 1.68 bits per heavy atom. The summed E-state index contributed by atoms with van der Waals surface area (Å²) in [7, 11) is 0. The quantitative estimate of drug-likeness (QED) is 0.887. The van der Waals surface area contributed by atoms with Crippen LogP contribution in [0.3, 0.4) is 0 Å². The summed E-state index contributed by atoms with van der Waals surface area (Å²) >= 11 is 0. The van der Waals surface area contributed by atoms with E-state index in [1.807, 2.05) is 35.2 Å². The molecular weight excluding hydrogens is 272 g/mol. The molecule has 1 amide bonds. The monoisotopic (exact) mass is 296 g/mol. The molecule has 2 N–H and O–H groups in total. The van der Waals surface area contributed by atoms with Crippen molar-refractivity contribution in [1.82, 2.24) is 0 Å². The molecule has 0 radical (unpaired) electrons. The number of amides is 1. The molecule has 0 heterocycles. The van der Waals surface area contributed by atoms with Crippen LogP contribution in [0.15, 0.2) is 48.5 Å². The van der Waals surface area contributed by atoms with Gasteiger partial charge < -0.3 is 10.6 Å². The first-order valence-corrected chi connectivity index (χ1v) is 7.80. The number of hydrogen-bond acceptors (Lipinski definition) is 2. The maximum atomic E-state index is 12.6. The molecule has 0 aliphatic rings. The SMILES string of the molecule is CCc1ccccc1N(Cc1ccccc1C)C(=O)CCN. The Kier molecular flexibility index (Phi) is 5.73. The predicted molar refractivity (Wildman–Crippen MR) is 91.9 cm³/mol. The van der Waals surface area contributed by atoms with Crippen LogP contribution in [-0.2, 0) is 17.8 Å². The van der Waals surface area contributed by atoms with Crippen molar-refractivity contribution in [3.63, 3.8) is 0 Å². The summed E-state index contributed by atoms with van der Waals surface area (Å²) in [4.78, 5) is 14.4. The lowest BCUT2D eigenvalue weighted by Crippen LogP contribution is -2.32. The van der Waals surface area contributed by atoms with E-state index in [0.29, 0.717) is 19.5 Å². The van der Waals surface area contributed by atoms with Gasteiger partial charge in [0.25, 0.3) is 0 Å². The lowest BCUT2D eigenvalue weighted by molar-refractivity contribution is -0.118. The average molecular weight is 296 g/mol. The Balaban J connectivity index is 2.39. The van der Waals surface area contributed by atoms with Gasteiger partial charge in [-0.2, -0.15) is 0 Å². The van der Waals surface area contributed by atoms with Crippen molar-refractivity contribution in [2.75, 3.05) is 11.4 Å². The molecular formula is C19H24N2O. The second kappa shape index (κ2) is 7.76. The zero-order valence-corrected chi connectivity index (χ0v) is 13.4. The van der Waals surface area contributed by atoms with Crippen molar-refractivity contribution >= 4 is 11.6 Å². The smallest absolute Gasteiger partial charge is 0.228 e. The fourth-order valence-corrected chi connectivity index (χ4v) is 2.60. The number of aryl methyl sites for hydroxylation is 2. The van der Waals surface area contributed by atoms with Gasteiger partial charge in [0.05, 0.1) is 6.54 Å².